The first-order valence-corrected chi connectivity index (χ1v) is 4.85. The Morgan fingerprint density at radius 2 is 2.18 bits per heavy atom. The number of hydrogen-bond acceptors (Lipinski definition) is 3. The Kier molecular flexibility index (Phi) is 4.33. The van der Waals surface area contributed by atoms with Gasteiger partial charge in [0.25, 0.3) is 12.3 Å². The highest BCUT2D eigenvalue weighted by Gasteiger charge is 2.18. The van der Waals surface area contributed by atoms with Crippen molar-refractivity contribution in [2.45, 2.75) is 19.5 Å². The molecule has 0 saturated heterocycles. The molecule has 0 bridgehead atoms. The van der Waals surface area contributed by atoms with Gasteiger partial charge in [-0.15, -0.1) is 0 Å². The van der Waals surface area contributed by atoms with E-state index in [1.807, 2.05) is 0 Å². The molecule has 94 valence electrons. The van der Waals surface area contributed by atoms with Gasteiger partial charge in [-0.3, -0.25) is 9.59 Å². The third-order valence-electron chi connectivity index (χ3n) is 2.10. The number of aromatic nitrogens is 1. The highest BCUT2D eigenvalue weighted by molar-refractivity contribution is 5.99. The number of amides is 1. The van der Waals surface area contributed by atoms with Gasteiger partial charge >= 0.3 is 0 Å². The number of aliphatic hydroxyl groups excluding tert-OH is 1. The van der Waals surface area contributed by atoms with Crippen molar-refractivity contribution in [3.8, 4) is 0 Å². The molecule has 1 atom stereocenters. The van der Waals surface area contributed by atoms with Gasteiger partial charge in [0.15, 0.2) is 5.78 Å². The van der Waals surface area contributed by atoms with E-state index >= 15 is 0 Å². The number of Topliss-reactive ketones (excluding diaryl/α,β-unsaturated/α-hetero) is 1. The van der Waals surface area contributed by atoms with Crippen molar-refractivity contribution in [1.29, 1.82) is 0 Å². The molecular formula is C10H12F2N2O3. The minimum Gasteiger partial charge on any atom is -0.385 e. The molecule has 0 aliphatic heterocycles. The molecule has 0 saturated carbocycles. The van der Waals surface area contributed by atoms with Crippen molar-refractivity contribution in [2.75, 3.05) is 6.54 Å². The zero-order valence-electron chi connectivity index (χ0n) is 9.04. The molecule has 0 spiro atoms. The molecule has 0 aromatic carbocycles. The van der Waals surface area contributed by atoms with E-state index in [1.165, 1.54) is 19.2 Å². The number of halogens is 2. The van der Waals surface area contributed by atoms with Gasteiger partial charge in [-0.2, -0.15) is 0 Å². The number of carbonyl (C=O) groups excluding carboxylic acids is 2. The predicted octanol–water partition coefficient (Wildman–Crippen LogP) is 0.573. The number of hydrogen-bond donors (Lipinski definition) is 3. The summed E-state index contributed by atoms with van der Waals surface area (Å²) < 4.78 is 23.9. The molecule has 1 unspecified atom stereocenters. The van der Waals surface area contributed by atoms with Crippen LogP contribution in [0.5, 0.6) is 0 Å². The van der Waals surface area contributed by atoms with Crippen LogP contribution in [0.15, 0.2) is 12.3 Å². The zero-order valence-corrected chi connectivity index (χ0v) is 9.04. The lowest BCUT2D eigenvalue weighted by Gasteiger charge is -2.09. The molecule has 7 heteroatoms. The minimum absolute atomic E-state index is 0.0802. The third-order valence-corrected chi connectivity index (χ3v) is 2.10. The van der Waals surface area contributed by atoms with Gasteiger partial charge in [-0.25, -0.2) is 8.78 Å². The second-order valence-corrected chi connectivity index (χ2v) is 3.47. The van der Waals surface area contributed by atoms with Gasteiger partial charge in [0, 0.05) is 18.3 Å². The Balaban J connectivity index is 2.55. The van der Waals surface area contributed by atoms with E-state index in [-0.39, 0.29) is 11.5 Å². The predicted molar refractivity (Wildman–Crippen MR) is 55.1 cm³/mol. The van der Waals surface area contributed by atoms with Gasteiger partial charge < -0.3 is 15.4 Å². The number of aliphatic hydroxyl groups is 1. The van der Waals surface area contributed by atoms with Gasteiger partial charge in [-0.1, -0.05) is 0 Å². The quantitative estimate of drug-likeness (QED) is 0.664. The van der Waals surface area contributed by atoms with Crippen molar-refractivity contribution in [3.63, 3.8) is 0 Å². The van der Waals surface area contributed by atoms with Crippen LogP contribution in [0.3, 0.4) is 0 Å². The fourth-order valence-corrected chi connectivity index (χ4v) is 1.11. The van der Waals surface area contributed by atoms with Crippen molar-refractivity contribution in [1.82, 2.24) is 10.3 Å². The van der Waals surface area contributed by atoms with E-state index in [0.717, 1.165) is 0 Å². The van der Waals surface area contributed by atoms with E-state index in [9.17, 15) is 18.4 Å². The van der Waals surface area contributed by atoms with Gasteiger partial charge in [0.1, 0.15) is 11.8 Å². The number of ketones is 1. The summed E-state index contributed by atoms with van der Waals surface area (Å²) in [5.41, 5.74) is 0.404. The van der Waals surface area contributed by atoms with Crippen LogP contribution in [-0.2, 0) is 0 Å². The van der Waals surface area contributed by atoms with Gasteiger partial charge in [0.2, 0.25) is 0 Å². The molecule has 0 aliphatic carbocycles. The lowest BCUT2D eigenvalue weighted by molar-refractivity contribution is -0.00272. The SMILES string of the molecule is CC(=O)c1c[nH]c(C(=O)NCC(O)C(F)F)c1. The summed E-state index contributed by atoms with van der Waals surface area (Å²) in [7, 11) is 0. The fourth-order valence-electron chi connectivity index (χ4n) is 1.11. The molecule has 0 radical (unpaired) electrons. The smallest absolute Gasteiger partial charge is 0.267 e. The number of H-pyrrole nitrogens is 1. The maximum atomic E-state index is 11.9. The normalized spacial score (nSPS) is 12.5. The second-order valence-electron chi connectivity index (χ2n) is 3.47. The van der Waals surface area contributed by atoms with Crippen LogP contribution in [0.4, 0.5) is 8.78 Å². The van der Waals surface area contributed by atoms with E-state index in [2.05, 4.69) is 10.3 Å². The lowest BCUT2D eigenvalue weighted by Crippen LogP contribution is -2.35. The minimum atomic E-state index is -2.91. The Hall–Kier alpha value is -1.76. The molecule has 1 aromatic rings. The second kappa shape index (κ2) is 5.53. The average molecular weight is 246 g/mol. The van der Waals surface area contributed by atoms with E-state index in [1.54, 1.807) is 0 Å². The third kappa shape index (κ3) is 3.63. The summed E-state index contributed by atoms with van der Waals surface area (Å²) in [6.45, 7) is 0.788. The van der Waals surface area contributed by atoms with E-state index < -0.39 is 25.0 Å². The lowest BCUT2D eigenvalue weighted by atomic mass is 10.2. The number of rotatable bonds is 5. The first-order valence-electron chi connectivity index (χ1n) is 4.85. The van der Waals surface area contributed by atoms with Crippen molar-refractivity contribution >= 4 is 11.7 Å². The molecule has 1 amide bonds. The van der Waals surface area contributed by atoms with Crippen LogP contribution in [0, 0.1) is 0 Å². The molecule has 17 heavy (non-hydrogen) atoms. The highest BCUT2D eigenvalue weighted by Crippen LogP contribution is 2.04. The van der Waals surface area contributed by atoms with Gasteiger partial charge in [-0.05, 0) is 13.0 Å². The first kappa shape index (κ1) is 13.3. The van der Waals surface area contributed by atoms with Crippen LogP contribution >= 0.6 is 0 Å². The summed E-state index contributed by atoms with van der Waals surface area (Å²) in [5, 5.41) is 10.9. The topological polar surface area (TPSA) is 82.2 Å². The Morgan fingerprint density at radius 3 is 2.65 bits per heavy atom. The average Bonchev–Trinajstić information content (AvgIpc) is 2.74. The summed E-state index contributed by atoms with van der Waals surface area (Å²) in [5.74, 6) is -0.870. The Morgan fingerprint density at radius 1 is 1.53 bits per heavy atom. The molecule has 5 nitrogen and oxygen atoms in total. The first-order chi connectivity index (χ1) is 7.91. The monoisotopic (exact) mass is 246 g/mol. The number of aromatic amines is 1. The summed E-state index contributed by atoms with van der Waals surface area (Å²) in [4.78, 5) is 24.9. The van der Waals surface area contributed by atoms with Crippen molar-refractivity contribution in [2.24, 2.45) is 0 Å². The summed E-state index contributed by atoms with van der Waals surface area (Å²) in [6.07, 6.45) is -3.46. The van der Waals surface area contributed by atoms with Crippen LogP contribution in [0.2, 0.25) is 0 Å². The van der Waals surface area contributed by atoms with Crippen molar-refractivity contribution < 1.29 is 23.5 Å². The summed E-state index contributed by atoms with van der Waals surface area (Å²) in [6, 6.07) is 1.31. The maximum absolute atomic E-state index is 11.9. The Bertz CT molecular complexity index is 417. The fraction of sp³-hybridized carbons (Fsp3) is 0.400. The zero-order chi connectivity index (χ0) is 13.0. The molecule has 1 rings (SSSR count). The molecule has 0 fully saturated rings. The van der Waals surface area contributed by atoms with Crippen LogP contribution < -0.4 is 5.32 Å². The summed E-state index contributed by atoms with van der Waals surface area (Å²) >= 11 is 0. The van der Waals surface area contributed by atoms with Crippen LogP contribution in [0.25, 0.3) is 0 Å². The highest BCUT2D eigenvalue weighted by atomic mass is 19.3. The molecular weight excluding hydrogens is 234 g/mol. The molecule has 1 aromatic heterocycles. The number of nitrogens with one attached hydrogen (secondary N) is 2. The van der Waals surface area contributed by atoms with E-state index in [0.29, 0.717) is 5.56 Å². The van der Waals surface area contributed by atoms with Crippen LogP contribution in [-0.4, -0.2) is 40.9 Å². The standard InChI is InChI=1S/C10H12F2N2O3/c1-5(15)6-2-7(13-3-6)10(17)14-4-8(16)9(11)12/h2-3,8-9,13,16H,4H2,1H3,(H,14,17). The maximum Gasteiger partial charge on any atom is 0.267 e. The number of alkyl halides is 2. The number of carbonyl (C=O) groups is 2. The van der Waals surface area contributed by atoms with Crippen molar-refractivity contribution in [3.05, 3.63) is 23.5 Å². The largest absolute Gasteiger partial charge is 0.385 e. The molecule has 0 aliphatic rings. The van der Waals surface area contributed by atoms with E-state index in [4.69, 9.17) is 5.11 Å². The van der Waals surface area contributed by atoms with Gasteiger partial charge in [0.05, 0.1) is 0 Å². The molecule has 3 N–H and O–H groups in total. The Labute approximate surface area is 95.8 Å². The molecule has 1 heterocycles. The van der Waals surface area contributed by atoms with Crippen LogP contribution in [0.1, 0.15) is 27.8 Å².